The van der Waals surface area contributed by atoms with Gasteiger partial charge >= 0.3 is 0 Å². The third kappa shape index (κ3) is 2.90. The first-order valence-corrected chi connectivity index (χ1v) is 9.31. The maximum Gasteiger partial charge on any atom is 0.255 e. The van der Waals surface area contributed by atoms with E-state index in [1.54, 1.807) is 24.7 Å². The Kier molecular flexibility index (Phi) is 4.43. The summed E-state index contributed by atoms with van der Waals surface area (Å²) in [4.78, 5) is 17.3. The molecule has 0 N–H and O–H groups in total. The summed E-state index contributed by atoms with van der Waals surface area (Å²) in [7, 11) is 1.78. The Bertz CT molecular complexity index is 671. The summed E-state index contributed by atoms with van der Waals surface area (Å²) in [6, 6.07) is 6.05. The summed E-state index contributed by atoms with van der Waals surface area (Å²) in [5, 5.41) is 3.90. The van der Waals surface area contributed by atoms with Crippen molar-refractivity contribution >= 4 is 17.2 Å². The van der Waals surface area contributed by atoms with Crippen LogP contribution >= 0.6 is 11.3 Å². The molecule has 6 heteroatoms. The van der Waals surface area contributed by atoms with Gasteiger partial charge in [0.05, 0.1) is 30.5 Å². The van der Waals surface area contributed by atoms with Crippen LogP contribution in [0, 0.1) is 5.92 Å². The summed E-state index contributed by atoms with van der Waals surface area (Å²) < 4.78 is 11.2. The molecule has 4 heterocycles. The highest BCUT2D eigenvalue weighted by molar-refractivity contribution is 7.08. The van der Waals surface area contributed by atoms with Crippen LogP contribution in [-0.4, -0.2) is 54.6 Å². The van der Waals surface area contributed by atoms with Crippen molar-refractivity contribution in [3.05, 3.63) is 46.5 Å². The number of rotatable bonds is 4. The standard InChI is InChI=1S/C18H22N2O3S/c1-22-17-4-6-20(18(21)13-5-8-24-12-13)16-11-19(10-15(16)17)9-14-3-2-7-23-14/h2-3,5,7-8,12,15-17H,4,6,9-11H2,1H3/t15-,16+,17-/m0/s1. The van der Waals surface area contributed by atoms with E-state index in [0.717, 1.165) is 43.9 Å². The molecule has 0 bridgehead atoms. The zero-order valence-electron chi connectivity index (χ0n) is 13.8. The van der Waals surface area contributed by atoms with E-state index in [1.165, 1.54) is 0 Å². The smallest absolute Gasteiger partial charge is 0.255 e. The van der Waals surface area contributed by atoms with Gasteiger partial charge in [-0.3, -0.25) is 9.69 Å². The molecule has 0 aliphatic carbocycles. The second-order valence-electron chi connectivity index (χ2n) is 6.58. The van der Waals surface area contributed by atoms with Crippen LogP contribution in [0.5, 0.6) is 0 Å². The highest BCUT2D eigenvalue weighted by Gasteiger charge is 2.46. The number of hydrogen-bond acceptors (Lipinski definition) is 5. The topological polar surface area (TPSA) is 45.9 Å². The lowest BCUT2D eigenvalue weighted by atomic mass is 9.88. The van der Waals surface area contributed by atoms with Gasteiger partial charge in [0, 0.05) is 38.0 Å². The summed E-state index contributed by atoms with van der Waals surface area (Å²) in [5.74, 6) is 1.49. The van der Waals surface area contributed by atoms with Crippen LogP contribution in [-0.2, 0) is 11.3 Å². The van der Waals surface area contributed by atoms with E-state index in [0.29, 0.717) is 5.92 Å². The SMILES string of the molecule is CO[C@H]1CCN(C(=O)c2ccsc2)[C@@H]2CN(Cc3ccco3)C[C@H]12. The van der Waals surface area contributed by atoms with Gasteiger partial charge in [-0.2, -0.15) is 11.3 Å². The van der Waals surface area contributed by atoms with Crippen molar-refractivity contribution in [3.8, 4) is 0 Å². The largest absolute Gasteiger partial charge is 0.468 e. The molecule has 24 heavy (non-hydrogen) atoms. The Labute approximate surface area is 145 Å². The molecule has 3 atom stereocenters. The molecule has 2 aromatic rings. The van der Waals surface area contributed by atoms with E-state index in [1.807, 2.05) is 29.0 Å². The van der Waals surface area contributed by atoms with Gasteiger partial charge in [0.2, 0.25) is 0 Å². The second-order valence-corrected chi connectivity index (χ2v) is 7.36. The quantitative estimate of drug-likeness (QED) is 0.854. The van der Waals surface area contributed by atoms with Crippen molar-refractivity contribution < 1.29 is 13.9 Å². The Balaban J connectivity index is 1.52. The van der Waals surface area contributed by atoms with E-state index >= 15 is 0 Å². The number of carbonyl (C=O) groups is 1. The molecule has 0 aromatic carbocycles. The van der Waals surface area contributed by atoms with E-state index in [-0.39, 0.29) is 18.1 Å². The first-order chi connectivity index (χ1) is 11.8. The summed E-state index contributed by atoms with van der Waals surface area (Å²) >= 11 is 1.57. The van der Waals surface area contributed by atoms with E-state index in [2.05, 4.69) is 9.80 Å². The third-order valence-corrected chi connectivity index (χ3v) is 5.92. The number of thiophene rings is 1. The molecule has 128 valence electrons. The van der Waals surface area contributed by atoms with Crippen LogP contribution in [0.15, 0.2) is 39.6 Å². The molecule has 0 radical (unpaired) electrons. The van der Waals surface area contributed by atoms with Gasteiger partial charge in [0.1, 0.15) is 5.76 Å². The number of likely N-dealkylation sites (tertiary alicyclic amines) is 2. The molecule has 2 aliphatic rings. The normalized spacial score (nSPS) is 27.4. The molecule has 1 amide bonds. The zero-order valence-corrected chi connectivity index (χ0v) is 14.6. The lowest BCUT2D eigenvalue weighted by Gasteiger charge is -2.41. The summed E-state index contributed by atoms with van der Waals surface area (Å²) in [5.41, 5.74) is 0.805. The van der Waals surface area contributed by atoms with Gasteiger partial charge in [-0.25, -0.2) is 0 Å². The number of amides is 1. The Morgan fingerprint density at radius 3 is 3.04 bits per heavy atom. The highest BCUT2D eigenvalue weighted by atomic mass is 32.1. The molecule has 2 aromatic heterocycles. The number of ether oxygens (including phenoxy) is 1. The number of methoxy groups -OCH3 is 1. The van der Waals surface area contributed by atoms with Gasteiger partial charge in [-0.05, 0) is 30.0 Å². The van der Waals surface area contributed by atoms with Gasteiger partial charge in [0.25, 0.3) is 5.91 Å². The predicted octanol–water partition coefficient (Wildman–Crippen LogP) is 2.70. The van der Waals surface area contributed by atoms with Crippen LogP contribution in [0.4, 0.5) is 0 Å². The number of nitrogens with zero attached hydrogens (tertiary/aromatic N) is 2. The van der Waals surface area contributed by atoms with Crippen LogP contribution in [0.25, 0.3) is 0 Å². The maximum atomic E-state index is 12.9. The lowest BCUT2D eigenvalue weighted by molar-refractivity contribution is -0.0156. The molecule has 2 aliphatic heterocycles. The van der Waals surface area contributed by atoms with E-state index in [4.69, 9.17) is 9.15 Å². The molecule has 4 rings (SSSR count). The summed E-state index contributed by atoms with van der Waals surface area (Å²) in [6.45, 7) is 3.37. The van der Waals surface area contributed by atoms with Crippen molar-refractivity contribution in [1.29, 1.82) is 0 Å². The molecular formula is C18H22N2O3S. The second kappa shape index (κ2) is 6.70. The molecule has 5 nitrogen and oxygen atoms in total. The maximum absolute atomic E-state index is 12.9. The lowest BCUT2D eigenvalue weighted by Crippen LogP contribution is -2.53. The molecule has 0 saturated carbocycles. The minimum Gasteiger partial charge on any atom is -0.468 e. The van der Waals surface area contributed by atoms with Crippen molar-refractivity contribution in [2.75, 3.05) is 26.7 Å². The number of carbonyl (C=O) groups excluding carboxylic acids is 1. The first-order valence-electron chi connectivity index (χ1n) is 8.37. The van der Waals surface area contributed by atoms with Gasteiger partial charge in [-0.15, -0.1) is 0 Å². The van der Waals surface area contributed by atoms with Crippen molar-refractivity contribution in [1.82, 2.24) is 9.80 Å². The fourth-order valence-corrected chi connectivity index (χ4v) is 4.71. The van der Waals surface area contributed by atoms with Gasteiger partial charge < -0.3 is 14.1 Å². The number of piperidine rings is 1. The van der Waals surface area contributed by atoms with E-state index < -0.39 is 0 Å². The van der Waals surface area contributed by atoms with Gasteiger partial charge in [0.15, 0.2) is 0 Å². The van der Waals surface area contributed by atoms with E-state index in [9.17, 15) is 4.79 Å². The zero-order chi connectivity index (χ0) is 16.5. The fraction of sp³-hybridized carbons (Fsp3) is 0.500. The molecular weight excluding hydrogens is 324 g/mol. The fourth-order valence-electron chi connectivity index (χ4n) is 4.08. The molecule has 0 spiro atoms. The first kappa shape index (κ1) is 15.9. The third-order valence-electron chi connectivity index (χ3n) is 5.23. The number of furan rings is 1. The molecule has 2 fully saturated rings. The van der Waals surface area contributed by atoms with Gasteiger partial charge in [-0.1, -0.05) is 0 Å². The number of fused-ring (bicyclic) bond motifs is 1. The van der Waals surface area contributed by atoms with Crippen LogP contribution in [0.3, 0.4) is 0 Å². The minimum absolute atomic E-state index is 0.153. The Hall–Kier alpha value is -1.63. The van der Waals surface area contributed by atoms with Crippen molar-refractivity contribution in [2.24, 2.45) is 5.92 Å². The minimum atomic E-state index is 0.153. The number of hydrogen-bond donors (Lipinski definition) is 0. The Morgan fingerprint density at radius 1 is 1.42 bits per heavy atom. The highest BCUT2D eigenvalue weighted by Crippen LogP contribution is 2.34. The van der Waals surface area contributed by atoms with Crippen LogP contribution in [0.2, 0.25) is 0 Å². The average Bonchev–Trinajstić information content (AvgIpc) is 3.34. The monoisotopic (exact) mass is 346 g/mol. The van der Waals surface area contributed by atoms with Crippen molar-refractivity contribution in [2.45, 2.75) is 25.1 Å². The van der Waals surface area contributed by atoms with Crippen molar-refractivity contribution in [3.63, 3.8) is 0 Å². The molecule has 2 saturated heterocycles. The predicted molar refractivity (Wildman–Crippen MR) is 92.0 cm³/mol. The van der Waals surface area contributed by atoms with Crippen LogP contribution < -0.4 is 0 Å². The average molecular weight is 346 g/mol. The Morgan fingerprint density at radius 2 is 2.33 bits per heavy atom. The summed E-state index contributed by atoms with van der Waals surface area (Å²) in [6.07, 6.45) is 2.84. The van der Waals surface area contributed by atoms with Crippen LogP contribution in [0.1, 0.15) is 22.5 Å². The molecule has 0 unspecified atom stereocenters.